The van der Waals surface area contributed by atoms with Gasteiger partial charge in [0.15, 0.2) is 0 Å². The minimum Gasteiger partial charge on any atom is -0.379 e. The van der Waals surface area contributed by atoms with Crippen molar-refractivity contribution in [2.45, 2.75) is 32.1 Å². The topological polar surface area (TPSA) is 26.3 Å². The lowest BCUT2D eigenvalue weighted by molar-refractivity contribution is -0.119. The molecule has 2 heteroatoms. The zero-order valence-corrected chi connectivity index (χ0v) is 9.95. The molecule has 1 aliphatic heterocycles. The molecular weight excluding hydrogens is 200 g/mol. The van der Waals surface area contributed by atoms with Crippen LogP contribution in [-0.4, -0.2) is 19.0 Å². The zero-order chi connectivity index (χ0) is 11.6. The summed E-state index contributed by atoms with van der Waals surface area (Å²) in [6.07, 6.45) is 1.56. The molecule has 0 atom stereocenters. The van der Waals surface area contributed by atoms with E-state index in [1.54, 1.807) is 6.92 Å². The van der Waals surface area contributed by atoms with Crippen LogP contribution in [0, 0.1) is 6.92 Å². The van der Waals surface area contributed by atoms with E-state index in [9.17, 15) is 4.79 Å². The maximum absolute atomic E-state index is 11.1. The summed E-state index contributed by atoms with van der Waals surface area (Å²) in [5.41, 5.74) is 2.68. The standard InChI is InChI=1S/C14H18O2/c1-11-3-5-13(6-4-11)14(9-16-10-14)8-7-12(2)15/h3-6H,7-10H2,1-2H3. The van der Waals surface area contributed by atoms with Gasteiger partial charge in [-0.1, -0.05) is 29.8 Å². The van der Waals surface area contributed by atoms with Gasteiger partial charge in [-0.3, -0.25) is 0 Å². The maximum atomic E-state index is 11.1. The van der Waals surface area contributed by atoms with Gasteiger partial charge >= 0.3 is 0 Å². The summed E-state index contributed by atoms with van der Waals surface area (Å²) in [5.74, 6) is 0.262. The van der Waals surface area contributed by atoms with E-state index in [1.165, 1.54) is 11.1 Å². The first-order valence-corrected chi connectivity index (χ1v) is 5.77. The van der Waals surface area contributed by atoms with Gasteiger partial charge in [-0.2, -0.15) is 0 Å². The first-order valence-electron chi connectivity index (χ1n) is 5.77. The number of Topliss-reactive ketones (excluding diaryl/α,β-unsaturated/α-hetero) is 1. The lowest BCUT2D eigenvalue weighted by Crippen LogP contribution is -2.46. The normalized spacial score (nSPS) is 17.9. The van der Waals surface area contributed by atoms with E-state index >= 15 is 0 Å². The van der Waals surface area contributed by atoms with Crippen molar-refractivity contribution in [2.24, 2.45) is 0 Å². The molecular formula is C14H18O2. The van der Waals surface area contributed by atoms with Crippen LogP contribution in [0.2, 0.25) is 0 Å². The fourth-order valence-corrected chi connectivity index (χ4v) is 2.13. The van der Waals surface area contributed by atoms with Crippen LogP contribution < -0.4 is 0 Å². The molecule has 0 unspecified atom stereocenters. The highest BCUT2D eigenvalue weighted by atomic mass is 16.5. The molecule has 1 aliphatic rings. The molecule has 1 heterocycles. The van der Waals surface area contributed by atoms with Crippen molar-refractivity contribution in [1.29, 1.82) is 0 Å². The number of aryl methyl sites for hydroxylation is 1. The summed E-state index contributed by atoms with van der Waals surface area (Å²) in [4.78, 5) is 11.1. The van der Waals surface area contributed by atoms with Crippen molar-refractivity contribution in [1.82, 2.24) is 0 Å². The van der Waals surface area contributed by atoms with E-state index < -0.39 is 0 Å². The quantitative estimate of drug-likeness (QED) is 0.776. The largest absolute Gasteiger partial charge is 0.379 e. The van der Waals surface area contributed by atoms with E-state index in [1.807, 2.05) is 0 Å². The van der Waals surface area contributed by atoms with Crippen LogP contribution in [0.5, 0.6) is 0 Å². The average molecular weight is 218 g/mol. The van der Waals surface area contributed by atoms with Crippen LogP contribution in [0.25, 0.3) is 0 Å². The van der Waals surface area contributed by atoms with Gasteiger partial charge in [-0.05, 0) is 25.8 Å². The Morgan fingerprint density at radius 3 is 2.38 bits per heavy atom. The van der Waals surface area contributed by atoms with Gasteiger partial charge in [-0.15, -0.1) is 0 Å². The van der Waals surface area contributed by atoms with Crippen LogP contribution in [-0.2, 0) is 14.9 Å². The Balaban J connectivity index is 2.14. The van der Waals surface area contributed by atoms with Crippen molar-refractivity contribution in [3.8, 4) is 0 Å². The van der Waals surface area contributed by atoms with Crippen LogP contribution in [0.4, 0.5) is 0 Å². The molecule has 16 heavy (non-hydrogen) atoms. The first-order chi connectivity index (χ1) is 7.62. The van der Waals surface area contributed by atoms with Crippen molar-refractivity contribution < 1.29 is 9.53 Å². The van der Waals surface area contributed by atoms with Crippen molar-refractivity contribution in [2.75, 3.05) is 13.2 Å². The Kier molecular flexibility index (Phi) is 3.10. The molecule has 86 valence electrons. The summed E-state index contributed by atoms with van der Waals surface area (Å²) >= 11 is 0. The van der Waals surface area contributed by atoms with Crippen molar-refractivity contribution in [3.05, 3.63) is 35.4 Å². The SMILES string of the molecule is CC(=O)CCC1(c2ccc(C)cc2)COC1. The molecule has 1 aromatic rings. The second-order valence-corrected chi connectivity index (χ2v) is 4.84. The Morgan fingerprint density at radius 2 is 1.94 bits per heavy atom. The summed E-state index contributed by atoms with van der Waals surface area (Å²) < 4.78 is 5.34. The second-order valence-electron chi connectivity index (χ2n) is 4.84. The van der Waals surface area contributed by atoms with E-state index in [2.05, 4.69) is 31.2 Å². The van der Waals surface area contributed by atoms with E-state index in [-0.39, 0.29) is 11.2 Å². The molecule has 0 radical (unpaired) electrons. The Morgan fingerprint density at radius 1 is 1.31 bits per heavy atom. The highest BCUT2D eigenvalue weighted by molar-refractivity contribution is 5.75. The second kappa shape index (κ2) is 4.38. The molecule has 0 bridgehead atoms. The molecule has 0 amide bonds. The zero-order valence-electron chi connectivity index (χ0n) is 9.95. The van der Waals surface area contributed by atoms with Gasteiger partial charge in [-0.25, -0.2) is 0 Å². The Labute approximate surface area is 96.6 Å². The van der Waals surface area contributed by atoms with E-state index in [0.717, 1.165) is 19.6 Å². The highest BCUT2D eigenvalue weighted by Gasteiger charge is 2.39. The van der Waals surface area contributed by atoms with Gasteiger partial charge < -0.3 is 9.53 Å². The molecule has 0 saturated carbocycles. The number of benzene rings is 1. The smallest absolute Gasteiger partial charge is 0.129 e. The van der Waals surface area contributed by atoms with Crippen LogP contribution in [0.1, 0.15) is 30.9 Å². The molecule has 0 aliphatic carbocycles. The predicted octanol–water partition coefficient (Wildman–Crippen LogP) is 2.63. The van der Waals surface area contributed by atoms with Crippen LogP contribution >= 0.6 is 0 Å². The van der Waals surface area contributed by atoms with Gasteiger partial charge in [0.2, 0.25) is 0 Å². The molecule has 0 spiro atoms. The molecule has 0 aromatic heterocycles. The van der Waals surface area contributed by atoms with E-state index in [4.69, 9.17) is 4.74 Å². The van der Waals surface area contributed by atoms with Crippen molar-refractivity contribution in [3.63, 3.8) is 0 Å². The molecule has 1 saturated heterocycles. The third kappa shape index (κ3) is 2.17. The number of ether oxygens (including phenoxy) is 1. The van der Waals surface area contributed by atoms with Gasteiger partial charge in [0, 0.05) is 11.8 Å². The Hall–Kier alpha value is -1.15. The molecule has 0 N–H and O–H groups in total. The molecule has 2 rings (SSSR count). The highest BCUT2D eigenvalue weighted by Crippen LogP contribution is 2.36. The summed E-state index contributed by atoms with van der Waals surface area (Å²) in [7, 11) is 0. The van der Waals surface area contributed by atoms with Crippen LogP contribution in [0.15, 0.2) is 24.3 Å². The molecule has 2 nitrogen and oxygen atoms in total. The summed E-state index contributed by atoms with van der Waals surface area (Å²) in [5, 5.41) is 0. The van der Waals surface area contributed by atoms with Gasteiger partial charge in [0.05, 0.1) is 13.2 Å². The number of hydrogen-bond donors (Lipinski definition) is 0. The molecule has 1 fully saturated rings. The van der Waals surface area contributed by atoms with Crippen LogP contribution in [0.3, 0.4) is 0 Å². The lowest BCUT2D eigenvalue weighted by atomic mass is 9.74. The minimum atomic E-state index is 0.0966. The third-order valence-corrected chi connectivity index (χ3v) is 3.38. The summed E-state index contributed by atoms with van der Waals surface area (Å²) in [6, 6.07) is 8.59. The number of hydrogen-bond acceptors (Lipinski definition) is 2. The maximum Gasteiger partial charge on any atom is 0.129 e. The fraction of sp³-hybridized carbons (Fsp3) is 0.500. The average Bonchev–Trinajstić information content (AvgIpc) is 2.18. The third-order valence-electron chi connectivity index (χ3n) is 3.38. The molecule has 1 aromatic carbocycles. The minimum absolute atomic E-state index is 0.0966. The van der Waals surface area contributed by atoms with E-state index in [0.29, 0.717) is 6.42 Å². The number of carbonyl (C=O) groups is 1. The lowest BCUT2D eigenvalue weighted by Gasteiger charge is -2.42. The number of ketones is 1. The number of carbonyl (C=O) groups excluding carboxylic acids is 1. The number of rotatable bonds is 4. The van der Waals surface area contributed by atoms with Gasteiger partial charge in [0.1, 0.15) is 5.78 Å². The summed E-state index contributed by atoms with van der Waals surface area (Å²) in [6.45, 7) is 5.25. The monoisotopic (exact) mass is 218 g/mol. The van der Waals surface area contributed by atoms with Crippen molar-refractivity contribution >= 4 is 5.78 Å². The predicted molar refractivity (Wildman–Crippen MR) is 63.6 cm³/mol. The Bertz CT molecular complexity index is 374. The first kappa shape index (κ1) is 11.3. The van der Waals surface area contributed by atoms with Gasteiger partial charge in [0.25, 0.3) is 0 Å². The fourth-order valence-electron chi connectivity index (χ4n) is 2.13.